The highest BCUT2D eigenvalue weighted by Gasteiger charge is 2.37. The van der Waals surface area contributed by atoms with Gasteiger partial charge >= 0.3 is 6.18 Å². The summed E-state index contributed by atoms with van der Waals surface area (Å²) in [4.78, 5) is 13.1. The Balaban J connectivity index is 2.13. The normalized spacial score (nSPS) is 14.7. The average Bonchev–Trinajstić information content (AvgIpc) is 3.35. The van der Waals surface area contributed by atoms with Crippen LogP contribution in [0.2, 0.25) is 0 Å². The molecular weight excluding hydrogens is 365 g/mol. The Hall–Kier alpha value is -1.96. The highest BCUT2D eigenvalue weighted by Crippen LogP contribution is 2.44. The second kappa shape index (κ2) is 6.64. The molecule has 0 unspecified atom stereocenters. The molecule has 26 heavy (non-hydrogen) atoms. The van der Waals surface area contributed by atoms with Crippen LogP contribution in [-0.2, 0) is 13.2 Å². The number of ketones is 1. The van der Waals surface area contributed by atoms with Crippen LogP contribution in [0.1, 0.15) is 58.4 Å². The first-order valence-corrected chi connectivity index (χ1v) is 9.29. The van der Waals surface area contributed by atoms with Crippen LogP contribution in [0.5, 0.6) is 5.88 Å². The van der Waals surface area contributed by atoms with Crippen LogP contribution in [0.3, 0.4) is 0 Å². The van der Waals surface area contributed by atoms with Gasteiger partial charge in [-0.25, -0.2) is 4.68 Å². The second-order valence-corrected chi connectivity index (χ2v) is 7.63. The summed E-state index contributed by atoms with van der Waals surface area (Å²) >= 11 is 1.06. The van der Waals surface area contributed by atoms with Gasteiger partial charge in [-0.2, -0.15) is 18.3 Å². The van der Waals surface area contributed by atoms with Crippen LogP contribution in [-0.4, -0.2) is 26.4 Å². The van der Waals surface area contributed by atoms with Crippen molar-refractivity contribution >= 4 is 17.5 Å². The van der Waals surface area contributed by atoms with Gasteiger partial charge in [0.15, 0.2) is 0 Å². The highest BCUT2D eigenvalue weighted by atomic mass is 32.2. The van der Waals surface area contributed by atoms with E-state index in [0.717, 1.165) is 30.7 Å². The predicted molar refractivity (Wildman–Crippen MR) is 92.9 cm³/mol. The van der Waals surface area contributed by atoms with E-state index < -0.39 is 17.5 Å². The molecule has 1 aliphatic carbocycles. The number of rotatable bonds is 5. The Morgan fingerprint density at radius 3 is 2.58 bits per heavy atom. The number of carbonyl (C=O) groups is 1. The van der Waals surface area contributed by atoms with E-state index in [9.17, 15) is 23.1 Å². The Labute approximate surface area is 153 Å². The third-order valence-corrected chi connectivity index (χ3v) is 5.58. The fraction of sp³-hybridized carbons (Fsp3) is 0.444. The van der Waals surface area contributed by atoms with Crippen molar-refractivity contribution in [3.8, 4) is 5.88 Å². The van der Waals surface area contributed by atoms with Gasteiger partial charge in [0.05, 0.1) is 11.3 Å². The van der Waals surface area contributed by atoms with Crippen molar-refractivity contribution in [2.75, 3.05) is 5.75 Å². The van der Waals surface area contributed by atoms with Gasteiger partial charge < -0.3 is 5.11 Å². The zero-order chi connectivity index (χ0) is 19.2. The van der Waals surface area contributed by atoms with Crippen LogP contribution in [0.15, 0.2) is 17.0 Å². The van der Waals surface area contributed by atoms with Crippen LogP contribution >= 0.6 is 11.8 Å². The molecule has 1 aromatic heterocycles. The number of hydrogen-bond donors (Lipinski definition) is 1. The number of hydrogen-bond acceptors (Lipinski definition) is 4. The topological polar surface area (TPSA) is 55.1 Å². The smallest absolute Gasteiger partial charge is 0.417 e. The molecule has 4 nitrogen and oxygen atoms in total. The molecule has 1 fully saturated rings. The van der Waals surface area contributed by atoms with E-state index in [-0.39, 0.29) is 33.4 Å². The summed E-state index contributed by atoms with van der Waals surface area (Å²) in [6, 6.07) is 2.14. The second-order valence-electron chi connectivity index (χ2n) is 6.36. The molecule has 3 rings (SSSR count). The maximum Gasteiger partial charge on any atom is 0.417 e. The summed E-state index contributed by atoms with van der Waals surface area (Å²) < 4.78 is 41.1. The van der Waals surface area contributed by atoms with E-state index in [1.807, 2.05) is 0 Å². The van der Waals surface area contributed by atoms with Crippen molar-refractivity contribution < 1.29 is 23.1 Å². The van der Waals surface area contributed by atoms with E-state index in [1.54, 1.807) is 6.92 Å². The fourth-order valence-corrected chi connectivity index (χ4v) is 3.98. The van der Waals surface area contributed by atoms with Gasteiger partial charge in [-0.1, -0.05) is 13.0 Å². The molecule has 1 aliphatic rings. The summed E-state index contributed by atoms with van der Waals surface area (Å²) in [7, 11) is 1.54. The van der Waals surface area contributed by atoms with Crippen molar-refractivity contribution in [3.63, 3.8) is 0 Å². The number of benzene rings is 1. The van der Waals surface area contributed by atoms with Gasteiger partial charge in [0.25, 0.3) is 0 Å². The molecule has 0 saturated heterocycles. The SMILES string of the molecule is CCSc1c(C(F)(F)F)ccc(C(=O)c2c(C3CC3)nn(C)c2O)c1C. The van der Waals surface area contributed by atoms with Gasteiger partial charge in [0.2, 0.25) is 11.7 Å². The van der Waals surface area contributed by atoms with Crippen LogP contribution in [0, 0.1) is 6.92 Å². The van der Waals surface area contributed by atoms with Crippen LogP contribution < -0.4 is 0 Å². The standard InChI is InChI=1S/C18H19F3N2O2S/c1-4-26-16-9(2)11(7-8-12(16)18(19,20)21)15(24)13-14(10-5-6-10)22-23(3)17(13)25/h7-8,10,25H,4-6H2,1-3H3. The molecule has 1 saturated carbocycles. The van der Waals surface area contributed by atoms with Crippen molar-refractivity contribution in [2.24, 2.45) is 7.05 Å². The summed E-state index contributed by atoms with van der Waals surface area (Å²) in [5.41, 5.74) is 0.335. The number of carbonyl (C=O) groups excluding carboxylic acids is 1. The van der Waals surface area contributed by atoms with Crippen molar-refractivity contribution in [1.29, 1.82) is 0 Å². The van der Waals surface area contributed by atoms with Gasteiger partial charge in [-0.3, -0.25) is 4.79 Å². The molecular formula is C18H19F3N2O2S. The third-order valence-electron chi connectivity index (χ3n) is 4.48. The molecule has 0 radical (unpaired) electrons. The minimum absolute atomic E-state index is 0.0576. The van der Waals surface area contributed by atoms with E-state index in [1.165, 1.54) is 24.7 Å². The first kappa shape index (κ1) is 18.8. The summed E-state index contributed by atoms with van der Waals surface area (Å²) in [6.45, 7) is 3.28. The minimum Gasteiger partial charge on any atom is -0.493 e. The van der Waals surface area contributed by atoms with Crippen molar-refractivity contribution in [2.45, 2.75) is 43.7 Å². The highest BCUT2D eigenvalue weighted by molar-refractivity contribution is 7.99. The lowest BCUT2D eigenvalue weighted by atomic mass is 9.96. The predicted octanol–water partition coefficient (Wildman–Crippen LogP) is 4.67. The molecule has 2 aromatic rings. The molecule has 0 spiro atoms. The number of nitrogens with zero attached hydrogens (tertiary/aromatic N) is 2. The lowest BCUT2D eigenvalue weighted by Crippen LogP contribution is -2.12. The van der Waals surface area contributed by atoms with E-state index in [2.05, 4.69) is 5.10 Å². The molecule has 1 aromatic carbocycles. The monoisotopic (exact) mass is 384 g/mol. The molecule has 0 amide bonds. The fourth-order valence-electron chi connectivity index (χ4n) is 3.02. The Morgan fingerprint density at radius 2 is 2.04 bits per heavy atom. The van der Waals surface area contributed by atoms with Crippen LogP contribution in [0.25, 0.3) is 0 Å². The number of alkyl halides is 3. The van der Waals surface area contributed by atoms with E-state index in [4.69, 9.17) is 0 Å². The lowest BCUT2D eigenvalue weighted by molar-refractivity contribution is -0.139. The van der Waals surface area contributed by atoms with Gasteiger partial charge in [0, 0.05) is 23.4 Å². The molecule has 1 heterocycles. The number of aromatic hydroxyl groups is 1. The lowest BCUT2D eigenvalue weighted by Gasteiger charge is -2.17. The van der Waals surface area contributed by atoms with E-state index in [0.29, 0.717) is 11.4 Å². The van der Waals surface area contributed by atoms with Crippen molar-refractivity contribution in [1.82, 2.24) is 9.78 Å². The molecule has 0 bridgehead atoms. The zero-order valence-corrected chi connectivity index (χ0v) is 15.5. The Kier molecular flexibility index (Phi) is 4.81. The van der Waals surface area contributed by atoms with Gasteiger partial charge in [-0.15, -0.1) is 11.8 Å². The van der Waals surface area contributed by atoms with Crippen molar-refractivity contribution in [3.05, 3.63) is 40.1 Å². The minimum atomic E-state index is -4.49. The Morgan fingerprint density at radius 1 is 1.38 bits per heavy atom. The largest absolute Gasteiger partial charge is 0.493 e. The molecule has 8 heteroatoms. The van der Waals surface area contributed by atoms with Crippen LogP contribution in [0.4, 0.5) is 13.2 Å². The van der Waals surface area contributed by atoms with Gasteiger partial charge in [0.1, 0.15) is 5.56 Å². The molecule has 1 N–H and O–H groups in total. The van der Waals surface area contributed by atoms with Gasteiger partial charge in [-0.05, 0) is 37.1 Å². The average molecular weight is 384 g/mol. The zero-order valence-electron chi connectivity index (χ0n) is 14.6. The first-order chi connectivity index (χ1) is 12.2. The third kappa shape index (κ3) is 3.22. The number of halogens is 3. The number of aryl methyl sites for hydroxylation is 1. The Bertz CT molecular complexity index is 870. The number of aromatic nitrogens is 2. The maximum absolute atomic E-state index is 13.3. The quantitative estimate of drug-likeness (QED) is 0.601. The molecule has 0 aliphatic heterocycles. The first-order valence-electron chi connectivity index (χ1n) is 8.30. The summed E-state index contributed by atoms with van der Waals surface area (Å²) in [5, 5.41) is 14.5. The summed E-state index contributed by atoms with van der Waals surface area (Å²) in [5.74, 6) is -0.157. The molecule has 0 atom stereocenters. The van der Waals surface area contributed by atoms with E-state index >= 15 is 0 Å². The summed E-state index contributed by atoms with van der Waals surface area (Å²) in [6.07, 6.45) is -2.71. The molecule has 140 valence electrons. The maximum atomic E-state index is 13.3. The number of thioether (sulfide) groups is 1.